The third-order valence-corrected chi connectivity index (χ3v) is 13.2. The smallest absolute Gasteiger partial charge is 0.409 e. The van der Waals surface area contributed by atoms with Crippen molar-refractivity contribution in [3.8, 4) is 5.75 Å². The largest absolute Gasteiger partial charge is 0.495 e. The van der Waals surface area contributed by atoms with Crippen molar-refractivity contribution in [2.24, 2.45) is 11.8 Å². The lowest BCUT2D eigenvalue weighted by Gasteiger charge is -2.42. The highest BCUT2D eigenvalue weighted by Crippen LogP contribution is 2.49. The van der Waals surface area contributed by atoms with Crippen LogP contribution < -0.4 is 26.0 Å². The van der Waals surface area contributed by atoms with E-state index < -0.39 is 90.1 Å². The number of nitrogens with zero attached hydrogens (tertiary/aromatic N) is 2. The van der Waals surface area contributed by atoms with Gasteiger partial charge in [-0.15, -0.1) is 0 Å². The van der Waals surface area contributed by atoms with Crippen molar-refractivity contribution in [2.45, 2.75) is 134 Å². The summed E-state index contributed by atoms with van der Waals surface area (Å²) in [6.45, 7) is 9.97. The molecule has 1 aromatic rings. The van der Waals surface area contributed by atoms with Crippen molar-refractivity contribution in [3.63, 3.8) is 0 Å². The fourth-order valence-electron chi connectivity index (χ4n) is 8.30. The minimum Gasteiger partial charge on any atom is -0.495 e. The van der Waals surface area contributed by atoms with Crippen molar-refractivity contribution in [2.75, 3.05) is 41.4 Å². The first-order chi connectivity index (χ1) is 33.0. The summed E-state index contributed by atoms with van der Waals surface area (Å²) in [7, 11) is 5.72. The summed E-state index contributed by atoms with van der Waals surface area (Å²) < 4.78 is 28.7. The Labute approximate surface area is 414 Å². The Morgan fingerprint density at radius 3 is 2.36 bits per heavy atom. The van der Waals surface area contributed by atoms with Crippen LogP contribution >= 0.6 is 11.6 Å². The number of imide groups is 1. The molecule has 0 saturated carbocycles. The van der Waals surface area contributed by atoms with E-state index in [1.165, 1.54) is 40.3 Å². The number of hydrogen-bond acceptors (Lipinski definition) is 14. The van der Waals surface area contributed by atoms with E-state index in [4.69, 9.17) is 35.3 Å². The van der Waals surface area contributed by atoms with Gasteiger partial charge in [-0.3, -0.25) is 39.0 Å². The number of ether oxygens (including phenoxy) is 5. The highest BCUT2D eigenvalue weighted by Gasteiger charge is 2.64. The molecule has 7 amide bonds. The predicted molar refractivity (Wildman–Crippen MR) is 256 cm³/mol. The summed E-state index contributed by atoms with van der Waals surface area (Å²) in [4.78, 5) is 104. The number of rotatable bonds is 26. The van der Waals surface area contributed by atoms with Gasteiger partial charge in [0.1, 0.15) is 41.7 Å². The molecule has 0 aliphatic carbocycles. The van der Waals surface area contributed by atoms with Gasteiger partial charge in [-0.2, -0.15) is 0 Å². The number of cyclic esters (lactones) is 1. The van der Waals surface area contributed by atoms with Gasteiger partial charge in [0.05, 0.1) is 31.2 Å². The zero-order valence-electron chi connectivity index (χ0n) is 41.6. The fraction of sp³-hybridized carbons (Fsp3) is 0.592. The highest BCUT2D eigenvalue weighted by molar-refractivity contribution is 6.32. The standard InChI is InChI=1S/C49H69ClN6O14/c1-28(2)43(53-38(57)17-12-11-13-22-56-40(59)20-21-41(56)60)45(62)52-27-42(61)55(8)31(5)46(63)69-37(25-39(58)51-7)48(6)44(70-48)30(4)35-26-49(65,54-47(64)68-35)36(67-10)16-14-15-29(3)23-32-18-19-33(50)34(24-32)66-9/h14-16,18-21,24,28,30-31,35-37,43-44,65H,11-13,17,22-23,25-27H2,1-10H3,(H,51,58)(H,52,62)(H,53,57)(H,54,64)/b16-14+,29-15+. The molecule has 9 atom stereocenters. The lowest BCUT2D eigenvalue weighted by molar-refractivity contribution is -0.162. The minimum atomic E-state index is -1.90. The number of benzene rings is 1. The number of aliphatic hydroxyl groups is 1. The number of amides is 7. The van der Waals surface area contributed by atoms with Crippen LogP contribution in [0.3, 0.4) is 0 Å². The second-order valence-corrected chi connectivity index (χ2v) is 18.8. The Bertz CT molecular complexity index is 2180. The number of epoxide rings is 1. The van der Waals surface area contributed by atoms with Crippen LogP contribution in [0.4, 0.5) is 4.79 Å². The number of carbonyl (C=O) groups is 8. The maximum absolute atomic E-state index is 13.7. The molecule has 1 aromatic carbocycles. The molecule has 0 bridgehead atoms. The van der Waals surface area contributed by atoms with Crippen molar-refractivity contribution in [3.05, 3.63) is 64.7 Å². The lowest BCUT2D eigenvalue weighted by atomic mass is 9.83. The highest BCUT2D eigenvalue weighted by atomic mass is 35.5. The maximum atomic E-state index is 13.7. The van der Waals surface area contributed by atoms with Gasteiger partial charge in [-0.25, -0.2) is 9.59 Å². The van der Waals surface area contributed by atoms with Crippen molar-refractivity contribution in [1.82, 2.24) is 31.1 Å². The van der Waals surface area contributed by atoms with E-state index in [9.17, 15) is 43.5 Å². The van der Waals surface area contributed by atoms with Gasteiger partial charge in [-0.1, -0.05) is 68.7 Å². The summed E-state index contributed by atoms with van der Waals surface area (Å²) >= 11 is 6.17. The summed E-state index contributed by atoms with van der Waals surface area (Å²) in [5.41, 5.74) is -1.20. The zero-order valence-corrected chi connectivity index (χ0v) is 42.4. The molecule has 70 heavy (non-hydrogen) atoms. The number of alkyl carbamates (subject to hydrolysis) is 1. The Balaban J connectivity index is 1.32. The lowest BCUT2D eigenvalue weighted by Crippen LogP contribution is -2.63. The first-order valence-corrected chi connectivity index (χ1v) is 23.7. The SMILES string of the molecule is CNC(=O)CC(OC(=O)C(C)N(C)C(=O)CNC(=O)C(NC(=O)CCCCCN1C(=O)C=CC1=O)C(C)C)C1(C)OC1C(C)C1CC(O)(C(/C=C/C=C(\C)Cc2ccc(Cl)c(OC)c2)OC)NC(=O)O1. The monoisotopic (exact) mass is 1000 g/mol. The van der Waals surface area contributed by atoms with E-state index in [1.807, 2.05) is 25.1 Å². The summed E-state index contributed by atoms with van der Waals surface area (Å²) in [5, 5.41) is 22.6. The third-order valence-electron chi connectivity index (χ3n) is 12.9. The fourth-order valence-corrected chi connectivity index (χ4v) is 8.50. The van der Waals surface area contributed by atoms with Crippen LogP contribution in [0.5, 0.6) is 5.75 Å². The van der Waals surface area contributed by atoms with Crippen LogP contribution in [0.15, 0.2) is 54.2 Å². The number of halogens is 1. The maximum Gasteiger partial charge on any atom is 0.409 e. The molecular formula is C49H69ClN6O14. The van der Waals surface area contributed by atoms with Crippen LogP contribution in [-0.2, 0) is 58.9 Å². The molecular weight excluding hydrogens is 932 g/mol. The Morgan fingerprint density at radius 1 is 1.04 bits per heavy atom. The first kappa shape index (κ1) is 56.8. The number of hydrogen-bond donors (Lipinski definition) is 5. The molecule has 0 spiro atoms. The van der Waals surface area contributed by atoms with E-state index in [2.05, 4.69) is 21.3 Å². The number of esters is 1. The van der Waals surface area contributed by atoms with Gasteiger partial charge in [-0.05, 0) is 63.6 Å². The van der Waals surface area contributed by atoms with Crippen LogP contribution in [-0.4, -0.2) is 152 Å². The third kappa shape index (κ3) is 15.1. The predicted octanol–water partition coefficient (Wildman–Crippen LogP) is 3.03. The average Bonchev–Trinajstić information content (AvgIpc) is 3.91. The Morgan fingerprint density at radius 2 is 1.73 bits per heavy atom. The molecule has 4 rings (SSSR count). The molecule has 3 heterocycles. The van der Waals surface area contributed by atoms with Crippen LogP contribution in [0.2, 0.25) is 5.02 Å². The van der Waals surface area contributed by atoms with Crippen LogP contribution in [0.1, 0.15) is 85.6 Å². The molecule has 9 unspecified atom stereocenters. The molecule has 20 nitrogen and oxygen atoms in total. The average molecular weight is 1000 g/mol. The number of methoxy groups -OCH3 is 2. The molecule has 21 heteroatoms. The van der Waals surface area contributed by atoms with E-state index in [0.717, 1.165) is 20.9 Å². The van der Waals surface area contributed by atoms with E-state index in [-0.39, 0.29) is 49.4 Å². The van der Waals surface area contributed by atoms with E-state index in [1.54, 1.807) is 53.0 Å². The van der Waals surface area contributed by atoms with Gasteiger partial charge >= 0.3 is 12.1 Å². The molecule has 2 fully saturated rings. The minimum absolute atomic E-state index is 0.105. The van der Waals surface area contributed by atoms with Crippen molar-refractivity contribution >= 4 is 59.1 Å². The van der Waals surface area contributed by atoms with Crippen LogP contribution in [0.25, 0.3) is 0 Å². The van der Waals surface area contributed by atoms with Gasteiger partial charge in [0.15, 0.2) is 5.72 Å². The van der Waals surface area contributed by atoms with E-state index in [0.29, 0.717) is 36.5 Å². The van der Waals surface area contributed by atoms with Crippen molar-refractivity contribution < 1.29 is 67.1 Å². The number of unbranched alkanes of at least 4 members (excludes halogenated alkanes) is 2. The summed E-state index contributed by atoms with van der Waals surface area (Å²) in [6.07, 6.45) is 4.74. The number of likely N-dealkylation sites (N-methyl/N-ethyl adjacent to an activating group) is 1. The molecule has 3 aliphatic heterocycles. The second kappa shape index (κ2) is 25.3. The Kier molecular flexibility index (Phi) is 20.5. The normalized spacial score (nSPS) is 23.2. The summed E-state index contributed by atoms with van der Waals surface area (Å²) in [5.74, 6) is -4.06. The van der Waals surface area contributed by atoms with Gasteiger partial charge in [0.2, 0.25) is 23.6 Å². The number of carbonyl (C=O) groups excluding carboxylic acids is 8. The summed E-state index contributed by atoms with van der Waals surface area (Å²) in [6, 6.07) is 3.36. The Hall–Kier alpha value is -5.83. The zero-order chi connectivity index (χ0) is 52.1. The van der Waals surface area contributed by atoms with Crippen LogP contribution in [0, 0.1) is 11.8 Å². The topological polar surface area (TPSA) is 261 Å². The van der Waals surface area contributed by atoms with Gasteiger partial charge < -0.3 is 49.6 Å². The quantitative estimate of drug-likeness (QED) is 0.0294. The van der Waals surface area contributed by atoms with Gasteiger partial charge in [0.25, 0.3) is 11.8 Å². The first-order valence-electron chi connectivity index (χ1n) is 23.3. The molecule has 5 N–H and O–H groups in total. The molecule has 0 aromatic heterocycles. The van der Waals surface area contributed by atoms with Gasteiger partial charge in [0, 0.05) is 58.7 Å². The molecule has 3 aliphatic rings. The second-order valence-electron chi connectivity index (χ2n) is 18.4. The molecule has 2 saturated heterocycles. The molecule has 386 valence electrons. The number of allylic oxidation sites excluding steroid dienone is 3. The number of nitrogens with one attached hydrogen (secondary N) is 4. The van der Waals surface area contributed by atoms with Crippen molar-refractivity contribution in [1.29, 1.82) is 0 Å². The van der Waals surface area contributed by atoms with E-state index >= 15 is 0 Å². The molecule has 0 radical (unpaired) electrons.